The predicted molar refractivity (Wildman–Crippen MR) is 84.3 cm³/mol. The molecule has 0 radical (unpaired) electrons. The van der Waals surface area contributed by atoms with E-state index in [-0.39, 0.29) is 29.6 Å². The molecule has 0 aliphatic carbocycles. The Morgan fingerprint density at radius 2 is 2.08 bits per heavy atom. The summed E-state index contributed by atoms with van der Waals surface area (Å²) in [7, 11) is -4.19. The first-order chi connectivity index (χ1) is 11.7. The zero-order chi connectivity index (χ0) is 18.4. The Morgan fingerprint density at radius 1 is 1.40 bits per heavy atom. The van der Waals surface area contributed by atoms with Crippen LogP contribution >= 0.6 is 0 Å². The number of benzene rings is 1. The van der Waals surface area contributed by atoms with E-state index in [0.717, 1.165) is 6.07 Å². The lowest BCUT2D eigenvalue weighted by atomic mass is 10.1. The maximum absolute atomic E-state index is 11.8. The highest BCUT2D eigenvalue weighted by atomic mass is 32.2. The van der Waals surface area contributed by atoms with Gasteiger partial charge in [-0.2, -0.15) is 5.10 Å². The number of rotatable bonds is 4. The minimum Gasteiger partial charge on any atom is -0.465 e. The molecular formula is C13H13N5O6S. The Labute approximate surface area is 141 Å². The number of nitro benzene ring substituents is 1. The van der Waals surface area contributed by atoms with E-state index in [4.69, 9.17) is 10.2 Å². The van der Waals surface area contributed by atoms with Crippen LogP contribution in [-0.2, 0) is 10.0 Å². The smallest absolute Gasteiger partial charge is 0.407 e. The number of carboxylic acid groups (broad SMARTS) is 1. The summed E-state index contributed by atoms with van der Waals surface area (Å²) in [6, 6.07) is 3.22. The molecule has 0 saturated carbocycles. The summed E-state index contributed by atoms with van der Waals surface area (Å²) in [6.45, 7) is 0.553. The molecule has 0 atom stereocenters. The molecule has 11 nitrogen and oxygen atoms in total. The highest BCUT2D eigenvalue weighted by Gasteiger charge is 2.32. The second-order valence-corrected chi connectivity index (χ2v) is 7.06. The maximum atomic E-state index is 11.8. The van der Waals surface area contributed by atoms with Crippen LogP contribution in [0.15, 0.2) is 35.5 Å². The van der Waals surface area contributed by atoms with Crippen molar-refractivity contribution in [3.63, 3.8) is 0 Å². The molecule has 1 aliphatic rings. The van der Waals surface area contributed by atoms with Gasteiger partial charge in [0.15, 0.2) is 0 Å². The van der Waals surface area contributed by atoms with Gasteiger partial charge in [0.2, 0.25) is 10.0 Å². The number of nitrogens with zero attached hydrogens (tertiary/aromatic N) is 4. The van der Waals surface area contributed by atoms with Crippen LogP contribution in [0.3, 0.4) is 0 Å². The van der Waals surface area contributed by atoms with Crippen LogP contribution in [0.2, 0.25) is 0 Å². The zero-order valence-corrected chi connectivity index (χ0v) is 13.5. The molecule has 1 amide bonds. The molecule has 1 aromatic carbocycles. The third-order valence-corrected chi connectivity index (χ3v) is 4.85. The van der Waals surface area contributed by atoms with E-state index in [1.807, 2.05) is 0 Å². The number of sulfonamides is 1. The number of likely N-dealkylation sites (tertiary alicyclic amines) is 1. The van der Waals surface area contributed by atoms with Crippen LogP contribution in [0.5, 0.6) is 0 Å². The quantitative estimate of drug-likeness (QED) is 0.591. The van der Waals surface area contributed by atoms with Crippen LogP contribution in [0.25, 0.3) is 11.1 Å². The maximum Gasteiger partial charge on any atom is 0.407 e. The fraction of sp³-hybridized carbons (Fsp3) is 0.231. The van der Waals surface area contributed by atoms with Gasteiger partial charge in [-0.3, -0.25) is 14.8 Å². The monoisotopic (exact) mass is 367 g/mol. The van der Waals surface area contributed by atoms with Gasteiger partial charge in [0, 0.05) is 42.5 Å². The zero-order valence-electron chi connectivity index (χ0n) is 12.6. The molecule has 132 valence electrons. The number of non-ortho nitro benzene ring substituents is 1. The molecule has 3 rings (SSSR count). The molecule has 2 aromatic rings. The van der Waals surface area contributed by atoms with Gasteiger partial charge in [-0.25, -0.2) is 18.4 Å². The van der Waals surface area contributed by atoms with Crippen molar-refractivity contribution in [1.29, 1.82) is 0 Å². The average Bonchev–Trinajstić information content (AvgIpc) is 2.93. The molecule has 2 heterocycles. The van der Waals surface area contributed by atoms with E-state index >= 15 is 0 Å². The number of carbonyl (C=O) groups is 1. The van der Waals surface area contributed by atoms with Gasteiger partial charge in [0.05, 0.1) is 22.1 Å². The molecule has 1 fully saturated rings. The predicted octanol–water partition coefficient (Wildman–Crippen LogP) is 0.640. The lowest BCUT2D eigenvalue weighted by molar-refractivity contribution is -0.385. The summed E-state index contributed by atoms with van der Waals surface area (Å²) in [6.07, 6.45) is 1.94. The Bertz CT molecular complexity index is 963. The number of amides is 1. The molecule has 12 heteroatoms. The fourth-order valence-electron chi connectivity index (χ4n) is 2.55. The highest BCUT2D eigenvalue weighted by Crippen LogP contribution is 2.31. The van der Waals surface area contributed by atoms with E-state index in [1.165, 1.54) is 27.9 Å². The summed E-state index contributed by atoms with van der Waals surface area (Å²) in [5.74, 6) is 0. The van der Waals surface area contributed by atoms with E-state index in [9.17, 15) is 23.3 Å². The summed E-state index contributed by atoms with van der Waals surface area (Å²) >= 11 is 0. The number of aromatic nitrogens is 2. The summed E-state index contributed by atoms with van der Waals surface area (Å²) in [4.78, 5) is 21.8. The van der Waals surface area contributed by atoms with E-state index < -0.39 is 26.7 Å². The van der Waals surface area contributed by atoms with E-state index in [0.29, 0.717) is 5.56 Å². The van der Waals surface area contributed by atoms with Gasteiger partial charge in [-0.05, 0) is 6.07 Å². The van der Waals surface area contributed by atoms with Crippen molar-refractivity contribution in [3.05, 3.63) is 40.7 Å². The second kappa shape index (κ2) is 5.82. The van der Waals surface area contributed by atoms with Crippen molar-refractivity contribution < 1.29 is 23.2 Å². The van der Waals surface area contributed by atoms with Gasteiger partial charge >= 0.3 is 6.09 Å². The lowest BCUT2D eigenvalue weighted by Crippen LogP contribution is -2.50. The Morgan fingerprint density at radius 3 is 2.64 bits per heavy atom. The minimum absolute atomic E-state index is 0.152. The van der Waals surface area contributed by atoms with Crippen molar-refractivity contribution in [3.8, 4) is 11.1 Å². The molecule has 25 heavy (non-hydrogen) atoms. The highest BCUT2D eigenvalue weighted by molar-refractivity contribution is 7.89. The van der Waals surface area contributed by atoms with E-state index in [2.05, 4.69) is 5.10 Å². The number of nitrogens with two attached hydrogens (primary N) is 1. The van der Waals surface area contributed by atoms with Crippen LogP contribution in [-0.4, -0.2) is 52.3 Å². The molecule has 3 N–H and O–H groups in total. The third-order valence-electron chi connectivity index (χ3n) is 3.90. The first-order valence-corrected chi connectivity index (χ1v) is 8.55. The fourth-order valence-corrected chi connectivity index (χ4v) is 3.33. The normalized spacial score (nSPS) is 15.0. The van der Waals surface area contributed by atoms with Crippen molar-refractivity contribution in [2.45, 2.75) is 10.9 Å². The first kappa shape index (κ1) is 16.9. The minimum atomic E-state index is -4.19. The van der Waals surface area contributed by atoms with Crippen LogP contribution in [0, 0.1) is 10.1 Å². The van der Waals surface area contributed by atoms with Crippen molar-refractivity contribution in [1.82, 2.24) is 14.7 Å². The molecule has 1 saturated heterocycles. The van der Waals surface area contributed by atoms with E-state index in [1.54, 1.807) is 6.20 Å². The summed E-state index contributed by atoms with van der Waals surface area (Å²) < 4.78 is 25.1. The molecule has 1 aliphatic heterocycles. The first-order valence-electron chi connectivity index (χ1n) is 7.00. The van der Waals surface area contributed by atoms with Crippen LogP contribution < -0.4 is 5.14 Å². The average molecular weight is 367 g/mol. The molecular weight excluding hydrogens is 354 g/mol. The van der Waals surface area contributed by atoms with Crippen LogP contribution in [0.1, 0.15) is 6.04 Å². The Kier molecular flexibility index (Phi) is 3.93. The lowest BCUT2D eigenvalue weighted by Gasteiger charge is -2.36. The summed E-state index contributed by atoms with van der Waals surface area (Å²) in [5, 5.41) is 29.0. The number of hydrogen-bond donors (Lipinski definition) is 2. The van der Waals surface area contributed by atoms with Gasteiger partial charge in [0.25, 0.3) is 5.69 Å². The molecule has 0 spiro atoms. The van der Waals surface area contributed by atoms with Crippen LogP contribution in [0.4, 0.5) is 10.5 Å². The standard InChI is InChI=1S/C13H13N5O6S/c14-25(23,24)12-3-9(18(21)22)1-2-11(12)8-4-15-17(5-8)10-6-16(7-10)13(19)20/h1-5,10H,6-7H2,(H,19,20)(H2,14,23,24). The number of primary sulfonamides is 1. The molecule has 0 bridgehead atoms. The topological polar surface area (TPSA) is 162 Å². The van der Waals surface area contributed by atoms with Gasteiger partial charge in [0.1, 0.15) is 0 Å². The van der Waals surface area contributed by atoms with Gasteiger partial charge in [-0.15, -0.1) is 0 Å². The van der Waals surface area contributed by atoms with Gasteiger partial charge < -0.3 is 10.0 Å². The number of hydrogen-bond acceptors (Lipinski definition) is 6. The van der Waals surface area contributed by atoms with Crippen molar-refractivity contribution >= 4 is 21.8 Å². The van der Waals surface area contributed by atoms with Gasteiger partial charge in [-0.1, -0.05) is 0 Å². The summed E-state index contributed by atoms with van der Waals surface area (Å²) in [5.41, 5.74) is 0.206. The molecule has 0 unspecified atom stereocenters. The van der Waals surface area contributed by atoms with Crippen molar-refractivity contribution in [2.24, 2.45) is 5.14 Å². The van der Waals surface area contributed by atoms with Crippen molar-refractivity contribution in [2.75, 3.05) is 13.1 Å². The SMILES string of the molecule is NS(=O)(=O)c1cc([N+](=O)[O-])ccc1-c1cnn(C2CN(C(=O)O)C2)c1. The molecule has 1 aromatic heterocycles. The Hall–Kier alpha value is -2.99. The third kappa shape index (κ3) is 3.16. The Balaban J connectivity index is 1.95. The largest absolute Gasteiger partial charge is 0.465 e. The second-order valence-electron chi connectivity index (χ2n) is 5.53. The number of nitro groups is 1.